The van der Waals surface area contributed by atoms with E-state index < -0.39 is 48.4 Å². The Morgan fingerprint density at radius 3 is 2.79 bits per heavy atom. The summed E-state index contributed by atoms with van der Waals surface area (Å²) >= 11 is 0. The molecule has 0 amide bonds. The molecule has 1 fully saturated rings. The SMILES string of the molecule is C=CCOC(=O)O[C@H]1C[C@H]2O[C@@H]2c2cc(OC)cc(O)c2C(=O)O[C@@H](C)C/C=C\C(=O)[C@H]1O. The second-order valence-electron chi connectivity index (χ2n) is 7.65. The number of cyclic esters (lactones) is 1. The van der Waals surface area contributed by atoms with E-state index in [1.807, 2.05) is 0 Å². The van der Waals surface area contributed by atoms with Gasteiger partial charge in [-0.25, -0.2) is 9.59 Å². The molecule has 0 bridgehead atoms. The summed E-state index contributed by atoms with van der Waals surface area (Å²) in [5.74, 6) is -1.50. The molecule has 1 aromatic carbocycles. The average Bonchev–Trinajstić information content (AvgIpc) is 3.54. The van der Waals surface area contributed by atoms with E-state index in [9.17, 15) is 24.6 Å². The number of phenols is 1. The Morgan fingerprint density at radius 1 is 1.33 bits per heavy atom. The van der Waals surface area contributed by atoms with Crippen LogP contribution in [0.1, 0.15) is 41.8 Å². The summed E-state index contributed by atoms with van der Waals surface area (Å²) in [6.07, 6.45) is -1.96. The fraction of sp³-hybridized carbons (Fsp3) is 0.435. The third-order valence-corrected chi connectivity index (χ3v) is 5.18. The largest absolute Gasteiger partial charge is 0.508 e. The van der Waals surface area contributed by atoms with Crippen molar-refractivity contribution in [3.05, 3.63) is 48.1 Å². The van der Waals surface area contributed by atoms with Gasteiger partial charge in [-0.3, -0.25) is 4.79 Å². The maximum Gasteiger partial charge on any atom is 0.508 e. The van der Waals surface area contributed by atoms with Gasteiger partial charge in [-0.1, -0.05) is 18.7 Å². The molecule has 178 valence electrons. The molecule has 0 aromatic heterocycles. The molecular weight excluding hydrogens is 436 g/mol. The molecule has 2 N–H and O–H groups in total. The van der Waals surface area contributed by atoms with Crippen LogP contribution in [0.5, 0.6) is 11.5 Å². The first-order valence-electron chi connectivity index (χ1n) is 10.3. The third kappa shape index (κ3) is 5.91. The lowest BCUT2D eigenvalue weighted by Gasteiger charge is -2.21. The molecule has 0 spiro atoms. The molecule has 0 aliphatic carbocycles. The highest BCUT2D eigenvalue weighted by Gasteiger charge is 2.47. The first-order chi connectivity index (χ1) is 15.7. The van der Waals surface area contributed by atoms with Crippen molar-refractivity contribution in [3.8, 4) is 11.5 Å². The normalized spacial score (nSPS) is 28.3. The number of carbonyl (C=O) groups is 3. The van der Waals surface area contributed by atoms with Crippen LogP contribution < -0.4 is 4.74 Å². The van der Waals surface area contributed by atoms with Crippen molar-refractivity contribution in [2.45, 2.75) is 50.3 Å². The minimum absolute atomic E-state index is 0.0720. The van der Waals surface area contributed by atoms with E-state index in [4.69, 9.17) is 23.7 Å². The average molecular weight is 462 g/mol. The van der Waals surface area contributed by atoms with E-state index in [1.54, 1.807) is 6.92 Å². The number of methoxy groups -OCH3 is 1. The number of benzene rings is 1. The van der Waals surface area contributed by atoms with Crippen LogP contribution >= 0.6 is 0 Å². The van der Waals surface area contributed by atoms with Crippen LogP contribution in [0, 0.1) is 0 Å². The molecule has 0 radical (unpaired) electrons. The number of ether oxygens (including phenoxy) is 5. The van der Waals surface area contributed by atoms with Gasteiger partial charge in [0.1, 0.15) is 42.0 Å². The van der Waals surface area contributed by atoms with E-state index in [0.717, 1.165) is 6.08 Å². The number of fused-ring (bicyclic) bond motifs is 3. The fourth-order valence-corrected chi connectivity index (χ4v) is 3.48. The number of aromatic hydroxyl groups is 1. The summed E-state index contributed by atoms with van der Waals surface area (Å²) in [4.78, 5) is 37.2. The zero-order valence-corrected chi connectivity index (χ0v) is 18.3. The van der Waals surface area contributed by atoms with Crippen LogP contribution in [0.4, 0.5) is 4.79 Å². The molecule has 2 aliphatic heterocycles. The highest BCUT2D eigenvalue weighted by atomic mass is 16.7. The summed E-state index contributed by atoms with van der Waals surface area (Å²) in [5, 5.41) is 21.0. The predicted octanol–water partition coefficient (Wildman–Crippen LogP) is 2.37. The van der Waals surface area contributed by atoms with Gasteiger partial charge in [0.2, 0.25) is 0 Å². The highest BCUT2D eigenvalue weighted by molar-refractivity contribution is 5.95. The Morgan fingerprint density at radius 2 is 2.09 bits per heavy atom. The van der Waals surface area contributed by atoms with Gasteiger partial charge in [0, 0.05) is 24.5 Å². The Hall–Kier alpha value is -3.37. The standard InChI is InChI=1S/C23H26O10/c1-4-8-30-23(28)33-17-11-18-21(32-18)14-9-13(29-3)10-16(25)19(14)22(27)31-12(2)6-5-7-15(24)20(17)26/h4-5,7,9-10,12,17-18,20-21,25-26H,1,6,8,11H2,2-3H3/b7-5-/t12-,17-,18+,20+,21+/m0/s1. The minimum atomic E-state index is -1.67. The van der Waals surface area contributed by atoms with Gasteiger partial charge in [0.05, 0.1) is 13.2 Å². The number of carbonyl (C=O) groups excluding carboxylic acids is 3. The number of hydrogen-bond acceptors (Lipinski definition) is 10. The van der Waals surface area contributed by atoms with Crippen molar-refractivity contribution < 1.29 is 48.3 Å². The van der Waals surface area contributed by atoms with Crippen molar-refractivity contribution in [2.24, 2.45) is 0 Å². The van der Waals surface area contributed by atoms with Gasteiger partial charge < -0.3 is 33.9 Å². The molecule has 2 heterocycles. The number of epoxide rings is 1. The third-order valence-electron chi connectivity index (χ3n) is 5.18. The predicted molar refractivity (Wildman–Crippen MR) is 113 cm³/mol. The van der Waals surface area contributed by atoms with Gasteiger partial charge in [0.25, 0.3) is 0 Å². The summed E-state index contributed by atoms with van der Waals surface area (Å²) in [6.45, 7) is 4.94. The zero-order valence-electron chi connectivity index (χ0n) is 18.3. The van der Waals surface area contributed by atoms with Gasteiger partial charge in [-0.2, -0.15) is 0 Å². The molecular formula is C23H26O10. The van der Waals surface area contributed by atoms with Crippen LogP contribution in [-0.2, 0) is 23.7 Å². The van der Waals surface area contributed by atoms with Crippen LogP contribution in [0.15, 0.2) is 36.9 Å². The van der Waals surface area contributed by atoms with Gasteiger partial charge in [-0.05, 0) is 19.1 Å². The number of rotatable bonds is 4. The quantitative estimate of drug-likeness (QED) is 0.389. The maximum atomic E-state index is 12.8. The molecule has 10 heteroatoms. The first-order valence-corrected chi connectivity index (χ1v) is 10.3. The molecule has 0 saturated carbocycles. The van der Waals surface area contributed by atoms with E-state index in [2.05, 4.69) is 6.58 Å². The summed E-state index contributed by atoms with van der Waals surface area (Å²) in [6, 6.07) is 2.82. The number of ketones is 1. The van der Waals surface area contributed by atoms with Crippen molar-refractivity contribution in [1.82, 2.24) is 0 Å². The topological polar surface area (TPSA) is 141 Å². The fourth-order valence-electron chi connectivity index (χ4n) is 3.48. The Bertz CT molecular complexity index is 953. The van der Waals surface area contributed by atoms with Gasteiger partial charge in [0.15, 0.2) is 11.9 Å². The molecule has 0 unspecified atom stereocenters. The van der Waals surface area contributed by atoms with E-state index in [-0.39, 0.29) is 30.8 Å². The maximum absolute atomic E-state index is 12.8. The van der Waals surface area contributed by atoms with Crippen LogP contribution in [-0.4, -0.2) is 66.3 Å². The van der Waals surface area contributed by atoms with Crippen molar-refractivity contribution >= 4 is 17.9 Å². The lowest BCUT2D eigenvalue weighted by atomic mass is 9.96. The highest BCUT2D eigenvalue weighted by Crippen LogP contribution is 2.46. The van der Waals surface area contributed by atoms with Crippen molar-refractivity contribution in [2.75, 3.05) is 13.7 Å². The molecule has 1 aromatic rings. The van der Waals surface area contributed by atoms with Gasteiger partial charge >= 0.3 is 12.1 Å². The zero-order chi connectivity index (χ0) is 24.1. The van der Waals surface area contributed by atoms with Crippen LogP contribution in [0.25, 0.3) is 0 Å². The van der Waals surface area contributed by atoms with E-state index >= 15 is 0 Å². The number of phenolic OH excluding ortho intramolecular Hbond substituents is 1. The monoisotopic (exact) mass is 462 g/mol. The molecule has 2 aliphatic rings. The molecule has 5 atom stereocenters. The lowest BCUT2D eigenvalue weighted by Crippen LogP contribution is -2.38. The Kier molecular flexibility index (Phi) is 7.72. The summed E-state index contributed by atoms with van der Waals surface area (Å²) < 4.78 is 26.2. The first kappa shape index (κ1) is 24.3. The Labute approximate surface area is 190 Å². The van der Waals surface area contributed by atoms with Crippen molar-refractivity contribution in [1.29, 1.82) is 0 Å². The molecule has 3 rings (SSSR count). The number of aliphatic hydroxyl groups is 1. The lowest BCUT2D eigenvalue weighted by molar-refractivity contribution is -0.129. The number of aliphatic hydroxyl groups excluding tert-OH is 1. The van der Waals surface area contributed by atoms with E-state index in [0.29, 0.717) is 11.3 Å². The van der Waals surface area contributed by atoms with Crippen LogP contribution in [0.2, 0.25) is 0 Å². The smallest absolute Gasteiger partial charge is 0.507 e. The summed E-state index contributed by atoms with van der Waals surface area (Å²) in [7, 11) is 1.41. The van der Waals surface area contributed by atoms with E-state index in [1.165, 1.54) is 31.4 Å². The summed E-state index contributed by atoms with van der Waals surface area (Å²) in [5.41, 5.74) is 0.242. The van der Waals surface area contributed by atoms with Gasteiger partial charge in [-0.15, -0.1) is 0 Å². The second-order valence-corrected chi connectivity index (χ2v) is 7.65. The molecule has 33 heavy (non-hydrogen) atoms. The van der Waals surface area contributed by atoms with Crippen LogP contribution in [0.3, 0.4) is 0 Å². The number of esters is 1. The van der Waals surface area contributed by atoms with Crippen molar-refractivity contribution in [3.63, 3.8) is 0 Å². The minimum Gasteiger partial charge on any atom is -0.507 e. The second kappa shape index (κ2) is 10.5. The molecule has 10 nitrogen and oxygen atoms in total. The Balaban J connectivity index is 1.94. The molecule has 1 saturated heterocycles. The number of hydrogen-bond donors (Lipinski definition) is 2.